The lowest BCUT2D eigenvalue weighted by molar-refractivity contribution is -0.129. The van der Waals surface area contributed by atoms with Crippen LogP contribution in [0, 0.1) is 4.77 Å². The van der Waals surface area contributed by atoms with E-state index in [1.54, 1.807) is 11.6 Å². The van der Waals surface area contributed by atoms with Crippen molar-refractivity contribution in [2.75, 3.05) is 0 Å². The van der Waals surface area contributed by atoms with E-state index in [-0.39, 0.29) is 6.54 Å². The molecular weight excluding hydrogens is 335 g/mol. The normalized spacial score (nSPS) is 12.2. The minimum atomic E-state index is -1.37. The topological polar surface area (TPSA) is 82.9 Å². The smallest absolute Gasteiger partial charge is 0.253 e. The number of benzene rings is 1. The maximum absolute atomic E-state index is 11.9. The Bertz CT molecular complexity index is 708. The molecule has 2 rings (SSSR count). The molecule has 6 nitrogen and oxygen atoms in total. The van der Waals surface area contributed by atoms with E-state index in [0.29, 0.717) is 26.2 Å². The lowest BCUT2D eigenvalue weighted by atomic mass is 10.1. The standard InChI is InChI=1S/C12H12Cl2N4O2S/c1-18-9(16-17-12(18)21)5-15-11(20)10(19)6-2-7(13)4-8(14)3-6/h2-4,10,19H,5H2,1H3,(H,15,20)(H,17,21)/t10-/m0/s1. The molecule has 0 aliphatic carbocycles. The molecule has 9 heteroatoms. The van der Waals surface area contributed by atoms with E-state index in [1.807, 2.05) is 0 Å². The van der Waals surface area contributed by atoms with Gasteiger partial charge in [0.05, 0.1) is 6.54 Å². The predicted molar refractivity (Wildman–Crippen MR) is 81.7 cm³/mol. The number of aliphatic hydroxyl groups excluding tert-OH is 1. The van der Waals surface area contributed by atoms with Gasteiger partial charge in [-0.15, -0.1) is 0 Å². The van der Waals surface area contributed by atoms with E-state index in [1.165, 1.54) is 18.2 Å². The molecule has 0 saturated heterocycles. The highest BCUT2D eigenvalue weighted by atomic mass is 35.5. The minimum Gasteiger partial charge on any atom is -0.378 e. The lowest BCUT2D eigenvalue weighted by Crippen LogP contribution is -2.29. The predicted octanol–water partition coefficient (Wildman–Crippen LogP) is 2.13. The molecule has 1 atom stereocenters. The molecule has 0 unspecified atom stereocenters. The number of nitrogens with zero attached hydrogens (tertiary/aromatic N) is 2. The monoisotopic (exact) mass is 346 g/mol. The summed E-state index contributed by atoms with van der Waals surface area (Å²) >= 11 is 16.6. The Morgan fingerprint density at radius 3 is 2.62 bits per heavy atom. The zero-order chi connectivity index (χ0) is 15.6. The zero-order valence-corrected chi connectivity index (χ0v) is 13.3. The molecule has 0 spiro atoms. The van der Waals surface area contributed by atoms with E-state index in [2.05, 4.69) is 15.5 Å². The number of carbonyl (C=O) groups excluding carboxylic acids is 1. The highest BCUT2D eigenvalue weighted by molar-refractivity contribution is 7.71. The summed E-state index contributed by atoms with van der Waals surface area (Å²) in [6.45, 7) is 0.133. The SMILES string of the molecule is Cn1c(CNC(=O)[C@@H](O)c2cc(Cl)cc(Cl)c2)n[nH]c1=S. The number of H-pyrrole nitrogens is 1. The summed E-state index contributed by atoms with van der Waals surface area (Å²) in [5, 5.41) is 19.8. The third-order valence-electron chi connectivity index (χ3n) is 2.84. The molecule has 21 heavy (non-hydrogen) atoms. The van der Waals surface area contributed by atoms with Gasteiger partial charge in [-0.1, -0.05) is 23.2 Å². The Hall–Kier alpha value is -1.41. The number of amides is 1. The highest BCUT2D eigenvalue weighted by Crippen LogP contribution is 2.23. The fraction of sp³-hybridized carbons (Fsp3) is 0.250. The molecular formula is C12H12Cl2N4O2S. The molecule has 0 aliphatic heterocycles. The van der Waals surface area contributed by atoms with E-state index >= 15 is 0 Å². The first-order valence-corrected chi connectivity index (χ1v) is 7.07. The summed E-state index contributed by atoms with van der Waals surface area (Å²) in [6, 6.07) is 4.48. The second-order valence-electron chi connectivity index (χ2n) is 4.33. The van der Waals surface area contributed by atoms with Crippen LogP contribution in [0.15, 0.2) is 18.2 Å². The number of aromatic amines is 1. The van der Waals surface area contributed by atoms with Gasteiger partial charge in [0.25, 0.3) is 5.91 Å². The van der Waals surface area contributed by atoms with Gasteiger partial charge in [-0.2, -0.15) is 5.10 Å². The second-order valence-corrected chi connectivity index (χ2v) is 5.59. The summed E-state index contributed by atoms with van der Waals surface area (Å²) in [7, 11) is 1.72. The van der Waals surface area contributed by atoms with Gasteiger partial charge < -0.3 is 15.0 Å². The van der Waals surface area contributed by atoms with Crippen molar-refractivity contribution in [3.05, 3.63) is 44.4 Å². The molecule has 1 heterocycles. The molecule has 0 bridgehead atoms. The van der Waals surface area contributed by atoms with Gasteiger partial charge >= 0.3 is 0 Å². The number of aromatic nitrogens is 3. The Labute approximate surface area is 135 Å². The highest BCUT2D eigenvalue weighted by Gasteiger charge is 2.18. The van der Waals surface area contributed by atoms with E-state index in [9.17, 15) is 9.90 Å². The Morgan fingerprint density at radius 2 is 2.10 bits per heavy atom. The van der Waals surface area contributed by atoms with Crippen molar-refractivity contribution in [1.29, 1.82) is 0 Å². The first-order valence-electron chi connectivity index (χ1n) is 5.90. The molecule has 1 aromatic heterocycles. The number of rotatable bonds is 4. The minimum absolute atomic E-state index is 0.133. The first-order chi connectivity index (χ1) is 9.88. The number of hydrogen-bond acceptors (Lipinski definition) is 4. The van der Waals surface area contributed by atoms with Crippen LogP contribution in [0.1, 0.15) is 17.5 Å². The molecule has 0 aliphatic rings. The van der Waals surface area contributed by atoms with Crippen LogP contribution in [-0.2, 0) is 18.4 Å². The molecule has 112 valence electrons. The Morgan fingerprint density at radius 1 is 1.48 bits per heavy atom. The summed E-state index contributed by atoms with van der Waals surface area (Å²) < 4.78 is 2.07. The summed E-state index contributed by atoms with van der Waals surface area (Å²) in [5.74, 6) is -0.0353. The third-order valence-corrected chi connectivity index (χ3v) is 3.64. The number of hydrogen-bond donors (Lipinski definition) is 3. The van der Waals surface area contributed by atoms with Crippen molar-refractivity contribution >= 4 is 41.3 Å². The van der Waals surface area contributed by atoms with Crippen LogP contribution in [0.4, 0.5) is 0 Å². The average molecular weight is 347 g/mol. The quantitative estimate of drug-likeness (QED) is 0.740. The summed E-state index contributed by atoms with van der Waals surface area (Å²) in [6.07, 6.45) is -1.37. The van der Waals surface area contributed by atoms with Gasteiger partial charge in [0, 0.05) is 17.1 Å². The fourth-order valence-corrected chi connectivity index (χ4v) is 2.38. The van der Waals surface area contributed by atoms with Gasteiger partial charge in [-0.3, -0.25) is 9.89 Å². The van der Waals surface area contributed by atoms with Crippen molar-refractivity contribution in [2.45, 2.75) is 12.6 Å². The molecule has 3 N–H and O–H groups in total. The zero-order valence-electron chi connectivity index (χ0n) is 10.9. The third kappa shape index (κ3) is 3.82. The van der Waals surface area contributed by atoms with Crippen molar-refractivity contribution in [3.8, 4) is 0 Å². The maximum Gasteiger partial charge on any atom is 0.253 e. The lowest BCUT2D eigenvalue weighted by Gasteiger charge is -2.12. The number of halogens is 2. The van der Waals surface area contributed by atoms with E-state index in [4.69, 9.17) is 35.4 Å². The first kappa shape index (κ1) is 16.0. The largest absolute Gasteiger partial charge is 0.378 e. The Kier molecular flexibility index (Phi) is 5.00. The van der Waals surface area contributed by atoms with E-state index < -0.39 is 12.0 Å². The van der Waals surface area contributed by atoms with Crippen LogP contribution in [-0.4, -0.2) is 25.8 Å². The molecule has 0 fully saturated rings. The molecule has 1 amide bonds. The molecule has 0 radical (unpaired) electrons. The molecule has 0 saturated carbocycles. The van der Waals surface area contributed by atoms with Gasteiger partial charge in [0.15, 0.2) is 16.7 Å². The van der Waals surface area contributed by atoms with Crippen molar-refractivity contribution in [1.82, 2.24) is 20.1 Å². The van der Waals surface area contributed by atoms with Crippen molar-refractivity contribution < 1.29 is 9.90 Å². The molecule has 1 aromatic carbocycles. The number of aliphatic hydroxyl groups is 1. The maximum atomic E-state index is 11.9. The number of nitrogens with one attached hydrogen (secondary N) is 2. The van der Waals surface area contributed by atoms with Gasteiger partial charge in [0.2, 0.25) is 0 Å². The van der Waals surface area contributed by atoms with Crippen LogP contribution >= 0.6 is 35.4 Å². The molecule has 2 aromatic rings. The van der Waals surface area contributed by atoms with Crippen LogP contribution < -0.4 is 5.32 Å². The number of carbonyl (C=O) groups is 1. The van der Waals surface area contributed by atoms with Gasteiger partial charge in [0.1, 0.15) is 0 Å². The average Bonchev–Trinajstić information content (AvgIpc) is 2.74. The summed E-state index contributed by atoms with van der Waals surface area (Å²) in [5.41, 5.74) is 0.320. The van der Waals surface area contributed by atoms with Crippen LogP contribution in [0.2, 0.25) is 10.0 Å². The second kappa shape index (κ2) is 6.57. The van der Waals surface area contributed by atoms with Crippen LogP contribution in [0.3, 0.4) is 0 Å². The van der Waals surface area contributed by atoms with Gasteiger partial charge in [-0.25, -0.2) is 0 Å². The van der Waals surface area contributed by atoms with Crippen molar-refractivity contribution in [2.24, 2.45) is 7.05 Å². The Balaban J connectivity index is 2.06. The van der Waals surface area contributed by atoms with E-state index in [0.717, 1.165) is 0 Å². The van der Waals surface area contributed by atoms with Crippen molar-refractivity contribution in [3.63, 3.8) is 0 Å². The fourth-order valence-electron chi connectivity index (χ4n) is 1.68. The van der Waals surface area contributed by atoms with Crippen LogP contribution in [0.5, 0.6) is 0 Å². The summed E-state index contributed by atoms with van der Waals surface area (Å²) in [4.78, 5) is 11.9. The van der Waals surface area contributed by atoms with Gasteiger partial charge in [-0.05, 0) is 36.0 Å². The van der Waals surface area contributed by atoms with Crippen LogP contribution in [0.25, 0.3) is 0 Å².